The molecule has 4 rings (SSSR count). The minimum absolute atomic E-state index is 0. The maximum Gasteiger partial charge on any atom is 0.269 e. The third kappa shape index (κ3) is 5.18. The van der Waals surface area contributed by atoms with Gasteiger partial charge >= 0.3 is 0 Å². The molecule has 1 amide bonds. The number of nitrogens with zero attached hydrogens (tertiary/aromatic N) is 3. The molecule has 1 aromatic heterocycles. The van der Waals surface area contributed by atoms with Gasteiger partial charge in [0.2, 0.25) is 0 Å². The average molecular weight is 509 g/mol. The number of benzene rings is 3. The lowest BCUT2D eigenvalue weighted by Gasteiger charge is -2.36. The van der Waals surface area contributed by atoms with Crippen LogP contribution in [-0.4, -0.2) is 40.6 Å². The van der Waals surface area contributed by atoms with Crippen LogP contribution >= 0.6 is 0 Å². The van der Waals surface area contributed by atoms with E-state index in [1.807, 2.05) is 63.5 Å². The van der Waals surface area contributed by atoms with Crippen molar-refractivity contribution < 1.29 is 31.2 Å². The number of aromatic nitrogens is 1. The molecule has 1 heterocycles. The monoisotopic (exact) mass is 508 g/mol. The first-order chi connectivity index (χ1) is 15.2. The SMILES string of the molecule is CC(NC(=O)c1cccc2cc3ccccc3nc12)[N+](C)(C)Cc1ccc([N+](=O)[O-])cc1.[Br-]. The van der Waals surface area contributed by atoms with Gasteiger partial charge in [-0.2, -0.15) is 0 Å². The Morgan fingerprint density at radius 2 is 1.70 bits per heavy atom. The van der Waals surface area contributed by atoms with Crippen LogP contribution in [0.3, 0.4) is 0 Å². The number of nitrogens with one attached hydrogen (secondary N) is 1. The molecule has 33 heavy (non-hydrogen) atoms. The van der Waals surface area contributed by atoms with Crippen molar-refractivity contribution >= 4 is 33.4 Å². The van der Waals surface area contributed by atoms with E-state index >= 15 is 0 Å². The van der Waals surface area contributed by atoms with Gasteiger partial charge in [-0.1, -0.05) is 30.3 Å². The topological polar surface area (TPSA) is 85.1 Å². The third-order valence-electron chi connectivity index (χ3n) is 5.92. The standard InChI is InChI=1S/C25H24N4O3.BrH/c1-17(29(2,3)16-18-11-13-21(14-12-18)28(31)32)26-25(30)22-9-6-8-20-15-19-7-4-5-10-23(19)27-24(20)22;/h4-15,17H,16H2,1-3H3;1H. The maximum absolute atomic E-state index is 13.2. The summed E-state index contributed by atoms with van der Waals surface area (Å²) >= 11 is 0. The highest BCUT2D eigenvalue weighted by Crippen LogP contribution is 2.23. The number of carbonyl (C=O) groups is 1. The zero-order valence-corrected chi connectivity index (χ0v) is 20.2. The molecule has 170 valence electrons. The summed E-state index contributed by atoms with van der Waals surface area (Å²) in [5.74, 6) is -0.180. The van der Waals surface area contributed by atoms with Crippen molar-refractivity contribution in [3.05, 3.63) is 94.0 Å². The van der Waals surface area contributed by atoms with Crippen molar-refractivity contribution in [3.8, 4) is 0 Å². The molecule has 0 saturated carbocycles. The number of hydrogen-bond acceptors (Lipinski definition) is 4. The highest BCUT2D eigenvalue weighted by molar-refractivity contribution is 6.07. The largest absolute Gasteiger partial charge is 1.00 e. The van der Waals surface area contributed by atoms with Crippen LogP contribution in [0.1, 0.15) is 22.8 Å². The van der Waals surface area contributed by atoms with Crippen LogP contribution in [0.25, 0.3) is 21.8 Å². The third-order valence-corrected chi connectivity index (χ3v) is 5.92. The Kier molecular flexibility index (Phi) is 7.09. The van der Waals surface area contributed by atoms with Gasteiger partial charge in [-0.15, -0.1) is 0 Å². The lowest BCUT2D eigenvalue weighted by molar-refractivity contribution is -0.928. The van der Waals surface area contributed by atoms with Crippen molar-refractivity contribution in [2.45, 2.75) is 19.6 Å². The fourth-order valence-corrected chi connectivity index (χ4v) is 3.76. The predicted molar refractivity (Wildman–Crippen MR) is 125 cm³/mol. The van der Waals surface area contributed by atoms with Gasteiger partial charge in [0, 0.05) is 35.4 Å². The zero-order chi connectivity index (χ0) is 22.9. The Balaban J connectivity index is 0.00000306. The van der Waals surface area contributed by atoms with Gasteiger partial charge in [0.25, 0.3) is 11.6 Å². The number of nitro benzene ring substituents is 1. The molecule has 1 N–H and O–H groups in total. The molecule has 0 saturated heterocycles. The number of carbonyl (C=O) groups excluding carboxylic acids is 1. The Labute approximate surface area is 202 Å². The fourth-order valence-electron chi connectivity index (χ4n) is 3.76. The molecule has 0 bridgehead atoms. The summed E-state index contributed by atoms with van der Waals surface area (Å²) in [7, 11) is 4.03. The number of pyridine rings is 1. The van der Waals surface area contributed by atoms with E-state index < -0.39 is 4.92 Å². The van der Waals surface area contributed by atoms with Crippen molar-refractivity contribution in [2.75, 3.05) is 14.1 Å². The van der Waals surface area contributed by atoms with Crippen molar-refractivity contribution in [1.82, 2.24) is 10.3 Å². The molecule has 0 radical (unpaired) electrons. The minimum Gasteiger partial charge on any atom is -1.00 e. The van der Waals surface area contributed by atoms with E-state index in [1.54, 1.807) is 18.2 Å². The van der Waals surface area contributed by atoms with E-state index in [-0.39, 0.29) is 34.7 Å². The summed E-state index contributed by atoms with van der Waals surface area (Å²) in [6.45, 7) is 2.56. The highest BCUT2D eigenvalue weighted by atomic mass is 79.9. The number of quaternary nitrogens is 1. The summed E-state index contributed by atoms with van der Waals surface area (Å²) in [4.78, 5) is 28.4. The van der Waals surface area contributed by atoms with Crippen LogP contribution < -0.4 is 22.3 Å². The number of amides is 1. The second kappa shape index (κ2) is 9.64. The fraction of sp³-hybridized carbons (Fsp3) is 0.200. The number of fused-ring (bicyclic) bond motifs is 2. The van der Waals surface area contributed by atoms with Crippen LogP contribution in [0.5, 0.6) is 0 Å². The van der Waals surface area contributed by atoms with Crippen molar-refractivity contribution in [1.29, 1.82) is 0 Å². The van der Waals surface area contributed by atoms with Crippen molar-refractivity contribution in [2.24, 2.45) is 0 Å². The Morgan fingerprint density at radius 1 is 1.03 bits per heavy atom. The van der Waals surface area contributed by atoms with E-state index in [9.17, 15) is 14.9 Å². The number of non-ortho nitro benzene ring substituents is 1. The van der Waals surface area contributed by atoms with E-state index in [4.69, 9.17) is 4.98 Å². The van der Waals surface area contributed by atoms with Crippen LogP contribution in [0, 0.1) is 10.1 Å². The summed E-state index contributed by atoms with van der Waals surface area (Å²) in [6.07, 6.45) is -0.201. The van der Waals surface area contributed by atoms with Gasteiger partial charge in [0.05, 0.1) is 35.6 Å². The van der Waals surface area contributed by atoms with E-state index in [0.717, 1.165) is 21.9 Å². The second-order valence-electron chi connectivity index (χ2n) is 8.57. The molecule has 4 aromatic rings. The Morgan fingerprint density at radius 3 is 2.39 bits per heavy atom. The number of hydrogen-bond donors (Lipinski definition) is 1. The van der Waals surface area contributed by atoms with Crippen LogP contribution in [0.2, 0.25) is 0 Å². The average Bonchev–Trinajstić information content (AvgIpc) is 2.77. The molecule has 0 aliphatic rings. The van der Waals surface area contributed by atoms with Gasteiger partial charge in [-0.3, -0.25) is 14.9 Å². The van der Waals surface area contributed by atoms with E-state index in [0.29, 0.717) is 22.1 Å². The van der Waals surface area contributed by atoms with E-state index in [2.05, 4.69) is 5.32 Å². The van der Waals surface area contributed by atoms with Crippen LogP contribution in [-0.2, 0) is 6.54 Å². The first kappa shape index (κ1) is 24.3. The quantitative estimate of drug-likeness (QED) is 0.141. The Hall–Kier alpha value is -3.36. The van der Waals surface area contributed by atoms with Crippen LogP contribution in [0.15, 0.2) is 72.8 Å². The van der Waals surface area contributed by atoms with Gasteiger partial charge in [-0.05, 0) is 30.3 Å². The zero-order valence-electron chi connectivity index (χ0n) is 18.7. The van der Waals surface area contributed by atoms with Gasteiger partial charge in [0.15, 0.2) is 6.17 Å². The number of rotatable bonds is 6. The first-order valence-electron chi connectivity index (χ1n) is 10.4. The van der Waals surface area contributed by atoms with Crippen LogP contribution in [0.4, 0.5) is 5.69 Å². The first-order valence-corrected chi connectivity index (χ1v) is 10.4. The molecule has 0 fully saturated rings. The Bertz CT molecular complexity index is 1320. The number of para-hydroxylation sites is 2. The van der Waals surface area contributed by atoms with E-state index in [1.165, 1.54) is 12.1 Å². The molecule has 1 atom stereocenters. The van der Waals surface area contributed by atoms with Gasteiger partial charge in [-0.25, -0.2) is 4.98 Å². The molecule has 7 nitrogen and oxygen atoms in total. The summed E-state index contributed by atoms with van der Waals surface area (Å²) < 4.78 is 0.477. The van der Waals surface area contributed by atoms with Gasteiger partial charge < -0.3 is 26.8 Å². The molecule has 3 aromatic carbocycles. The molecule has 0 aliphatic heterocycles. The smallest absolute Gasteiger partial charge is 0.269 e. The molecular weight excluding hydrogens is 484 g/mol. The molecule has 0 spiro atoms. The number of halogens is 1. The minimum atomic E-state index is -0.409. The predicted octanol–water partition coefficient (Wildman–Crippen LogP) is 1.65. The summed E-state index contributed by atoms with van der Waals surface area (Å²) in [5.41, 5.74) is 3.09. The maximum atomic E-state index is 13.2. The molecule has 1 unspecified atom stereocenters. The molecule has 0 aliphatic carbocycles. The normalized spacial score (nSPS) is 12.2. The second-order valence-corrected chi connectivity index (χ2v) is 8.57. The van der Waals surface area contributed by atoms with Crippen molar-refractivity contribution in [3.63, 3.8) is 0 Å². The number of nitro groups is 1. The summed E-state index contributed by atoms with van der Waals surface area (Å²) in [6, 6.07) is 22.1. The highest BCUT2D eigenvalue weighted by Gasteiger charge is 2.27. The lowest BCUT2D eigenvalue weighted by Crippen LogP contribution is -3.00. The summed E-state index contributed by atoms with van der Waals surface area (Å²) in [5, 5.41) is 15.9. The van der Waals surface area contributed by atoms with Gasteiger partial charge in [0.1, 0.15) is 6.54 Å². The lowest BCUT2D eigenvalue weighted by atomic mass is 10.1. The molecular formula is C25H25BrN4O3. The molecule has 8 heteroatoms.